The van der Waals surface area contributed by atoms with Crippen LogP contribution in [0.4, 0.5) is 0 Å². The van der Waals surface area contributed by atoms with Crippen molar-refractivity contribution in [2.45, 2.75) is 38.2 Å². The number of hydrogen-bond donors (Lipinski definition) is 2. The van der Waals surface area contributed by atoms with Crippen LogP contribution in [0, 0.1) is 0 Å². The summed E-state index contributed by atoms with van der Waals surface area (Å²) < 4.78 is 6.12. The molecule has 4 heteroatoms. The number of phenolic OH excluding ortho intramolecular Hbond substituents is 2. The van der Waals surface area contributed by atoms with E-state index >= 15 is 0 Å². The number of ether oxygens (including phenoxy) is 1. The van der Waals surface area contributed by atoms with Crippen molar-refractivity contribution in [3.05, 3.63) is 53.1 Å². The average molecular weight is 339 g/mol. The molecule has 4 rings (SSSR count). The minimum absolute atomic E-state index is 0.0250. The molecule has 25 heavy (non-hydrogen) atoms. The van der Waals surface area contributed by atoms with Gasteiger partial charge in [0.25, 0.3) is 0 Å². The first-order chi connectivity index (χ1) is 12.2. The van der Waals surface area contributed by atoms with Crippen LogP contribution in [0.3, 0.4) is 0 Å². The molecule has 132 valence electrons. The van der Waals surface area contributed by atoms with E-state index in [1.165, 1.54) is 31.5 Å². The lowest BCUT2D eigenvalue weighted by molar-refractivity contribution is 0.175. The number of fused-ring (bicyclic) bond motifs is 1. The van der Waals surface area contributed by atoms with Crippen LogP contribution in [0.1, 0.15) is 42.1 Å². The fourth-order valence-corrected chi connectivity index (χ4v) is 3.88. The molecule has 0 saturated carbocycles. The molecule has 1 atom stereocenters. The van der Waals surface area contributed by atoms with Gasteiger partial charge in [0.1, 0.15) is 23.4 Å². The summed E-state index contributed by atoms with van der Waals surface area (Å²) in [5.74, 6) is 1.39. The van der Waals surface area contributed by atoms with Gasteiger partial charge in [-0.15, -0.1) is 0 Å². The van der Waals surface area contributed by atoms with Gasteiger partial charge in [0, 0.05) is 12.6 Å². The van der Waals surface area contributed by atoms with Gasteiger partial charge in [-0.3, -0.25) is 0 Å². The maximum Gasteiger partial charge on any atom is 0.127 e. The predicted molar refractivity (Wildman–Crippen MR) is 97.3 cm³/mol. The van der Waals surface area contributed by atoms with E-state index in [2.05, 4.69) is 11.0 Å². The number of aromatic hydroxyl groups is 2. The van der Waals surface area contributed by atoms with Gasteiger partial charge in [-0.05, 0) is 80.1 Å². The van der Waals surface area contributed by atoms with Crippen LogP contribution in [-0.2, 0) is 12.8 Å². The van der Waals surface area contributed by atoms with Crippen molar-refractivity contribution < 1.29 is 14.9 Å². The Hall–Kier alpha value is -2.20. The quantitative estimate of drug-likeness (QED) is 0.889. The topological polar surface area (TPSA) is 52.9 Å². The molecule has 4 nitrogen and oxygen atoms in total. The minimum atomic E-state index is -0.0250. The van der Waals surface area contributed by atoms with Crippen LogP contribution in [0.5, 0.6) is 17.2 Å². The normalized spacial score (nSPS) is 20.2. The second-order valence-electron chi connectivity index (χ2n) is 7.12. The van der Waals surface area contributed by atoms with Crippen molar-refractivity contribution in [1.29, 1.82) is 0 Å². The Morgan fingerprint density at radius 1 is 1.04 bits per heavy atom. The second-order valence-corrected chi connectivity index (χ2v) is 7.12. The van der Waals surface area contributed by atoms with Gasteiger partial charge in [-0.2, -0.15) is 0 Å². The van der Waals surface area contributed by atoms with E-state index in [-0.39, 0.29) is 11.9 Å². The zero-order chi connectivity index (χ0) is 17.2. The monoisotopic (exact) mass is 339 g/mol. The molecular formula is C21H25NO3. The predicted octanol–water partition coefficient (Wildman–Crippen LogP) is 3.80. The number of likely N-dealkylation sites (tertiary alicyclic amines) is 1. The summed E-state index contributed by atoms with van der Waals surface area (Å²) in [7, 11) is 0. The smallest absolute Gasteiger partial charge is 0.127 e. The van der Waals surface area contributed by atoms with Crippen molar-refractivity contribution >= 4 is 0 Å². The summed E-state index contributed by atoms with van der Waals surface area (Å²) in [5.41, 5.74) is 3.27. The number of phenols is 2. The molecule has 0 bridgehead atoms. The molecule has 2 aromatic rings. The Balaban J connectivity index is 1.47. The lowest BCUT2D eigenvalue weighted by Crippen LogP contribution is -2.22. The second kappa shape index (κ2) is 6.96. The zero-order valence-electron chi connectivity index (χ0n) is 14.4. The molecule has 1 fully saturated rings. The summed E-state index contributed by atoms with van der Waals surface area (Å²) in [6.45, 7) is 3.38. The van der Waals surface area contributed by atoms with Gasteiger partial charge in [0.05, 0.1) is 0 Å². The third kappa shape index (κ3) is 3.59. The van der Waals surface area contributed by atoms with Gasteiger partial charge >= 0.3 is 0 Å². The van der Waals surface area contributed by atoms with E-state index in [0.29, 0.717) is 5.75 Å². The molecule has 2 N–H and O–H groups in total. The van der Waals surface area contributed by atoms with Crippen LogP contribution >= 0.6 is 0 Å². The van der Waals surface area contributed by atoms with Crippen molar-refractivity contribution in [2.24, 2.45) is 0 Å². The van der Waals surface area contributed by atoms with Crippen molar-refractivity contribution in [3.63, 3.8) is 0 Å². The molecule has 0 amide bonds. The third-order valence-electron chi connectivity index (χ3n) is 5.37. The Bertz CT molecular complexity index is 736. The fraction of sp³-hybridized carbons (Fsp3) is 0.429. The number of aryl methyl sites for hydroxylation is 1. The van der Waals surface area contributed by atoms with E-state index in [1.807, 2.05) is 12.1 Å². The molecule has 2 aromatic carbocycles. The van der Waals surface area contributed by atoms with Crippen LogP contribution in [0.25, 0.3) is 0 Å². The molecule has 2 aliphatic heterocycles. The van der Waals surface area contributed by atoms with E-state index in [0.717, 1.165) is 42.7 Å². The SMILES string of the molecule is Oc1ccc([C@@H]2CCc3cc(CCN4CCCC4)c(O)cc3O2)cc1. The molecule has 0 aliphatic carbocycles. The van der Waals surface area contributed by atoms with E-state index < -0.39 is 0 Å². The van der Waals surface area contributed by atoms with Gasteiger partial charge in [0.15, 0.2) is 0 Å². The molecule has 0 spiro atoms. The number of benzene rings is 2. The van der Waals surface area contributed by atoms with E-state index in [4.69, 9.17) is 4.74 Å². The number of rotatable bonds is 4. The standard InChI is InChI=1S/C21H25NO3/c23-18-6-3-15(4-7-18)20-8-5-17-13-16(19(24)14-21(17)25-20)9-12-22-10-1-2-11-22/h3-4,6-7,13-14,20,23-24H,1-2,5,8-12H2/t20-/m0/s1. The average Bonchev–Trinajstić information content (AvgIpc) is 3.14. The van der Waals surface area contributed by atoms with Gasteiger partial charge < -0.3 is 19.8 Å². The van der Waals surface area contributed by atoms with Crippen LogP contribution in [0.15, 0.2) is 36.4 Å². The van der Waals surface area contributed by atoms with Crippen molar-refractivity contribution in [1.82, 2.24) is 4.90 Å². The summed E-state index contributed by atoms with van der Waals surface area (Å²) in [6.07, 6.45) is 5.31. The largest absolute Gasteiger partial charge is 0.508 e. The minimum Gasteiger partial charge on any atom is -0.508 e. The summed E-state index contributed by atoms with van der Waals surface area (Å²) >= 11 is 0. The highest BCUT2D eigenvalue weighted by atomic mass is 16.5. The first-order valence-electron chi connectivity index (χ1n) is 9.22. The van der Waals surface area contributed by atoms with Gasteiger partial charge in [-0.1, -0.05) is 12.1 Å². The first kappa shape index (κ1) is 16.3. The zero-order valence-corrected chi connectivity index (χ0v) is 14.4. The summed E-state index contributed by atoms with van der Waals surface area (Å²) in [5, 5.41) is 19.8. The molecular weight excluding hydrogens is 314 g/mol. The van der Waals surface area contributed by atoms with Crippen LogP contribution in [-0.4, -0.2) is 34.7 Å². The van der Waals surface area contributed by atoms with Crippen LogP contribution < -0.4 is 4.74 Å². The number of hydrogen-bond acceptors (Lipinski definition) is 4. The first-order valence-corrected chi connectivity index (χ1v) is 9.22. The van der Waals surface area contributed by atoms with Gasteiger partial charge in [0.2, 0.25) is 0 Å². The lowest BCUT2D eigenvalue weighted by Gasteiger charge is -2.27. The Morgan fingerprint density at radius 3 is 2.56 bits per heavy atom. The van der Waals surface area contributed by atoms with Gasteiger partial charge in [-0.25, -0.2) is 0 Å². The lowest BCUT2D eigenvalue weighted by atomic mass is 9.95. The van der Waals surface area contributed by atoms with Crippen molar-refractivity contribution in [3.8, 4) is 17.2 Å². The fourth-order valence-electron chi connectivity index (χ4n) is 3.88. The third-order valence-corrected chi connectivity index (χ3v) is 5.37. The highest BCUT2D eigenvalue weighted by Crippen LogP contribution is 2.38. The molecule has 0 aromatic heterocycles. The Morgan fingerprint density at radius 2 is 1.80 bits per heavy atom. The highest BCUT2D eigenvalue weighted by Gasteiger charge is 2.23. The van der Waals surface area contributed by atoms with E-state index in [1.54, 1.807) is 18.2 Å². The molecule has 0 unspecified atom stereocenters. The molecule has 2 heterocycles. The van der Waals surface area contributed by atoms with Crippen molar-refractivity contribution in [2.75, 3.05) is 19.6 Å². The molecule has 1 saturated heterocycles. The highest BCUT2D eigenvalue weighted by molar-refractivity contribution is 5.47. The Kier molecular flexibility index (Phi) is 4.53. The van der Waals surface area contributed by atoms with E-state index in [9.17, 15) is 10.2 Å². The van der Waals surface area contributed by atoms with Crippen LogP contribution in [0.2, 0.25) is 0 Å². The molecule has 0 radical (unpaired) electrons. The number of nitrogens with zero attached hydrogens (tertiary/aromatic N) is 1. The Labute approximate surface area is 148 Å². The molecule has 2 aliphatic rings. The summed E-state index contributed by atoms with van der Waals surface area (Å²) in [4.78, 5) is 2.47. The maximum absolute atomic E-state index is 10.4. The summed E-state index contributed by atoms with van der Waals surface area (Å²) in [6, 6.07) is 11.1. The maximum atomic E-state index is 10.4.